The number of hydrogen-bond donors (Lipinski definition) is 1. The van der Waals surface area contributed by atoms with Crippen molar-refractivity contribution in [3.63, 3.8) is 0 Å². The van der Waals surface area contributed by atoms with Crippen LogP contribution in [0.25, 0.3) is 0 Å². The smallest absolute Gasteiger partial charge is 0.336 e. The maximum absolute atomic E-state index is 13.1. The normalized spacial score (nSPS) is 14.2. The van der Waals surface area contributed by atoms with Crippen molar-refractivity contribution in [2.75, 3.05) is 13.2 Å². The number of nitrogens with one attached hydrogen (secondary N) is 1. The Morgan fingerprint density at radius 2 is 1.50 bits per heavy atom. The van der Waals surface area contributed by atoms with Gasteiger partial charge in [0.25, 0.3) is 0 Å². The Morgan fingerprint density at radius 3 is 1.93 bits per heavy atom. The van der Waals surface area contributed by atoms with Crippen LogP contribution in [0, 0.1) is 11.3 Å². The summed E-state index contributed by atoms with van der Waals surface area (Å²) in [7, 11) is 0. The van der Waals surface area contributed by atoms with Crippen LogP contribution in [0.5, 0.6) is 0 Å². The summed E-state index contributed by atoms with van der Waals surface area (Å²) in [6, 6.07) is 9.16. The summed E-state index contributed by atoms with van der Waals surface area (Å²) in [5.41, 5.74) is 3.52. The first kappa shape index (κ1) is 23.2. The Morgan fingerprint density at radius 1 is 0.967 bits per heavy atom. The lowest BCUT2D eigenvalue weighted by Gasteiger charge is -2.32. The van der Waals surface area contributed by atoms with Crippen molar-refractivity contribution in [2.45, 2.75) is 59.3 Å². The molecular weight excluding hydrogens is 380 g/mol. The van der Waals surface area contributed by atoms with Crippen molar-refractivity contribution in [3.8, 4) is 6.07 Å². The zero-order valence-corrected chi connectivity index (χ0v) is 18.2. The van der Waals surface area contributed by atoms with Crippen molar-refractivity contribution >= 4 is 11.9 Å². The van der Waals surface area contributed by atoms with Crippen molar-refractivity contribution in [1.82, 2.24) is 5.32 Å². The summed E-state index contributed by atoms with van der Waals surface area (Å²) in [6.07, 6.45) is 2.94. The maximum atomic E-state index is 13.1. The van der Waals surface area contributed by atoms with E-state index in [-0.39, 0.29) is 13.2 Å². The average molecular weight is 411 g/mol. The molecule has 1 aromatic rings. The van der Waals surface area contributed by atoms with E-state index >= 15 is 0 Å². The fourth-order valence-corrected chi connectivity index (χ4v) is 3.72. The lowest BCUT2D eigenvalue weighted by atomic mass is 9.78. The molecule has 1 aliphatic heterocycles. The van der Waals surface area contributed by atoms with Crippen LogP contribution in [0.2, 0.25) is 0 Å². The Kier molecular flexibility index (Phi) is 8.67. The molecule has 0 radical (unpaired) electrons. The van der Waals surface area contributed by atoms with E-state index < -0.39 is 17.9 Å². The zero-order chi connectivity index (χ0) is 22.1. The number of carbonyl (C=O) groups is 2. The van der Waals surface area contributed by atoms with Gasteiger partial charge in [0.2, 0.25) is 0 Å². The SMILES string of the molecule is CCCC1=C(C(=O)OCC)C(c2cccc(C#N)c2)C(C(=O)OCC)=C(CCC)N1. The van der Waals surface area contributed by atoms with E-state index in [1.54, 1.807) is 32.0 Å². The summed E-state index contributed by atoms with van der Waals surface area (Å²) >= 11 is 0. The second kappa shape index (κ2) is 11.2. The number of esters is 2. The molecule has 0 aliphatic carbocycles. The van der Waals surface area contributed by atoms with Crippen molar-refractivity contribution < 1.29 is 19.1 Å². The number of carbonyl (C=O) groups excluding carboxylic acids is 2. The first-order valence-electron chi connectivity index (χ1n) is 10.6. The topological polar surface area (TPSA) is 88.4 Å². The fourth-order valence-electron chi connectivity index (χ4n) is 3.72. The summed E-state index contributed by atoms with van der Waals surface area (Å²) < 4.78 is 10.7. The van der Waals surface area contributed by atoms with Gasteiger partial charge in [-0.25, -0.2) is 9.59 Å². The summed E-state index contributed by atoms with van der Waals surface area (Å²) in [5, 5.41) is 12.7. The van der Waals surface area contributed by atoms with E-state index in [4.69, 9.17) is 9.47 Å². The van der Waals surface area contributed by atoms with Crippen LogP contribution in [-0.4, -0.2) is 25.2 Å². The second-order valence-electron chi connectivity index (χ2n) is 7.02. The van der Waals surface area contributed by atoms with Crippen molar-refractivity contribution in [2.24, 2.45) is 0 Å². The highest BCUT2D eigenvalue weighted by atomic mass is 16.5. The van der Waals surface area contributed by atoms with Gasteiger partial charge in [0.05, 0.1) is 41.9 Å². The lowest BCUT2D eigenvalue weighted by Crippen LogP contribution is -2.34. The quantitative estimate of drug-likeness (QED) is 0.604. The molecule has 1 aromatic carbocycles. The zero-order valence-electron chi connectivity index (χ0n) is 18.2. The van der Waals surface area contributed by atoms with Gasteiger partial charge in [-0.15, -0.1) is 0 Å². The molecule has 1 aliphatic rings. The van der Waals surface area contributed by atoms with Gasteiger partial charge in [-0.2, -0.15) is 5.26 Å². The van der Waals surface area contributed by atoms with Gasteiger partial charge < -0.3 is 14.8 Å². The molecule has 0 saturated heterocycles. The lowest BCUT2D eigenvalue weighted by molar-refractivity contribution is -0.139. The van der Waals surface area contributed by atoms with Gasteiger partial charge >= 0.3 is 11.9 Å². The number of allylic oxidation sites excluding steroid dienone is 2. The molecular formula is C24H30N2O4. The molecule has 2 rings (SSSR count). The molecule has 0 atom stereocenters. The van der Waals surface area contributed by atoms with Crippen LogP contribution in [0.15, 0.2) is 46.8 Å². The van der Waals surface area contributed by atoms with Crippen LogP contribution in [0.3, 0.4) is 0 Å². The van der Waals surface area contributed by atoms with Crippen LogP contribution in [-0.2, 0) is 19.1 Å². The molecule has 0 unspecified atom stereocenters. The predicted molar refractivity (Wildman–Crippen MR) is 114 cm³/mol. The Hall–Kier alpha value is -3.07. The third-order valence-corrected chi connectivity index (χ3v) is 4.87. The van der Waals surface area contributed by atoms with Crippen molar-refractivity contribution in [3.05, 3.63) is 57.9 Å². The highest BCUT2D eigenvalue weighted by Crippen LogP contribution is 2.41. The van der Waals surface area contributed by atoms with Gasteiger partial charge in [-0.05, 0) is 44.4 Å². The molecule has 0 saturated carbocycles. The number of ether oxygens (including phenoxy) is 2. The number of rotatable bonds is 9. The van der Waals surface area contributed by atoms with Gasteiger partial charge in [0.15, 0.2) is 0 Å². The second-order valence-corrected chi connectivity index (χ2v) is 7.02. The molecule has 1 N–H and O–H groups in total. The Bertz CT molecular complexity index is 849. The minimum Gasteiger partial charge on any atom is -0.463 e. The first-order chi connectivity index (χ1) is 14.5. The third kappa shape index (κ3) is 5.10. The number of nitriles is 1. The van der Waals surface area contributed by atoms with Crippen molar-refractivity contribution in [1.29, 1.82) is 5.26 Å². The van der Waals surface area contributed by atoms with E-state index in [9.17, 15) is 14.9 Å². The highest BCUT2D eigenvalue weighted by molar-refractivity contribution is 6.00. The van der Waals surface area contributed by atoms with E-state index in [1.165, 1.54) is 0 Å². The molecule has 160 valence electrons. The minimum atomic E-state index is -0.652. The number of dihydropyridines is 1. The van der Waals surface area contributed by atoms with Gasteiger partial charge in [0.1, 0.15) is 0 Å². The average Bonchev–Trinajstić information content (AvgIpc) is 2.74. The largest absolute Gasteiger partial charge is 0.463 e. The number of benzene rings is 1. The van der Waals surface area contributed by atoms with Crippen LogP contribution >= 0.6 is 0 Å². The fraction of sp³-hybridized carbons (Fsp3) is 0.458. The van der Waals surface area contributed by atoms with Gasteiger partial charge in [-0.1, -0.05) is 38.8 Å². The molecule has 0 bridgehead atoms. The Labute approximate surface area is 178 Å². The molecule has 0 aromatic heterocycles. The molecule has 1 heterocycles. The van der Waals surface area contributed by atoms with E-state index in [1.807, 2.05) is 19.9 Å². The molecule has 6 nitrogen and oxygen atoms in total. The third-order valence-electron chi connectivity index (χ3n) is 4.87. The monoisotopic (exact) mass is 410 g/mol. The minimum absolute atomic E-state index is 0.229. The number of hydrogen-bond acceptors (Lipinski definition) is 6. The first-order valence-corrected chi connectivity index (χ1v) is 10.6. The van der Waals surface area contributed by atoms with E-state index in [2.05, 4.69) is 11.4 Å². The molecule has 30 heavy (non-hydrogen) atoms. The van der Waals surface area contributed by atoms with E-state index in [0.29, 0.717) is 35.1 Å². The Balaban J connectivity index is 2.80. The van der Waals surface area contributed by atoms with Gasteiger partial charge in [0, 0.05) is 11.4 Å². The van der Waals surface area contributed by atoms with Gasteiger partial charge in [-0.3, -0.25) is 0 Å². The summed E-state index contributed by atoms with van der Waals surface area (Å²) in [4.78, 5) is 26.1. The standard InChI is InChI=1S/C24H30N2O4/c1-5-10-18-21(23(27)29-7-3)20(17-13-9-12-16(14-17)15-25)22(24(28)30-8-4)19(26-18)11-6-2/h9,12-14,20,26H,5-8,10-11H2,1-4H3. The highest BCUT2D eigenvalue weighted by Gasteiger charge is 2.39. The van der Waals surface area contributed by atoms with Crippen LogP contribution < -0.4 is 5.32 Å². The summed E-state index contributed by atoms with van der Waals surface area (Å²) in [5.74, 6) is -1.57. The molecule has 0 fully saturated rings. The number of nitrogens with zero attached hydrogens (tertiary/aromatic N) is 1. The predicted octanol–water partition coefficient (Wildman–Crippen LogP) is 4.48. The van der Waals surface area contributed by atoms with E-state index in [0.717, 1.165) is 24.2 Å². The van der Waals surface area contributed by atoms with Crippen LogP contribution in [0.1, 0.15) is 70.4 Å². The maximum Gasteiger partial charge on any atom is 0.336 e. The molecule has 6 heteroatoms. The molecule has 0 amide bonds. The van der Waals surface area contributed by atoms with Crippen LogP contribution in [0.4, 0.5) is 0 Å². The molecule has 0 spiro atoms. The summed E-state index contributed by atoms with van der Waals surface area (Å²) in [6.45, 7) is 8.04.